The van der Waals surface area contributed by atoms with Crippen molar-refractivity contribution in [1.29, 1.82) is 0 Å². The molecule has 2 bridgehead atoms. The van der Waals surface area contributed by atoms with E-state index in [1.54, 1.807) is 6.07 Å². The zero-order valence-corrected chi connectivity index (χ0v) is 17.8. The summed E-state index contributed by atoms with van der Waals surface area (Å²) in [7, 11) is 0. The number of pyridine rings is 1. The third kappa shape index (κ3) is 3.73. The second-order valence-electron chi connectivity index (χ2n) is 8.41. The normalized spacial score (nSPS) is 20.6. The molecule has 2 aliphatic rings. The molecule has 2 aliphatic heterocycles. The molecule has 0 radical (unpaired) electrons. The molecule has 1 saturated heterocycles. The van der Waals surface area contributed by atoms with E-state index in [4.69, 9.17) is 0 Å². The summed E-state index contributed by atoms with van der Waals surface area (Å²) in [4.78, 5) is 28.0. The van der Waals surface area contributed by atoms with E-state index in [0.717, 1.165) is 49.4 Å². The van der Waals surface area contributed by atoms with E-state index >= 15 is 0 Å². The van der Waals surface area contributed by atoms with E-state index in [-0.39, 0.29) is 11.5 Å². The van der Waals surface area contributed by atoms with Crippen LogP contribution in [0.25, 0.3) is 11.1 Å². The third-order valence-electron chi connectivity index (χ3n) is 6.14. The van der Waals surface area contributed by atoms with Gasteiger partial charge in [0.1, 0.15) is 0 Å². The molecule has 1 amide bonds. The van der Waals surface area contributed by atoms with Crippen LogP contribution in [0.2, 0.25) is 0 Å². The monoisotopic (exact) mass is 419 g/mol. The molecule has 2 atom stereocenters. The van der Waals surface area contributed by atoms with Crippen LogP contribution in [0.5, 0.6) is 0 Å². The van der Waals surface area contributed by atoms with Gasteiger partial charge in [-0.05, 0) is 47.5 Å². The molecular weight excluding hydrogens is 394 g/mol. The van der Waals surface area contributed by atoms with Crippen molar-refractivity contribution < 1.29 is 4.79 Å². The SMILES string of the molecule is CC(=O)Nc1ccc(-c2ccc(=O)n3c2[C@@H]2C[C@@H](CN(Cc4cccs4)C2)C3)cc1. The van der Waals surface area contributed by atoms with E-state index in [1.165, 1.54) is 17.5 Å². The van der Waals surface area contributed by atoms with Gasteiger partial charge in [-0.25, -0.2) is 0 Å². The van der Waals surface area contributed by atoms with Gasteiger partial charge in [0.2, 0.25) is 5.91 Å². The van der Waals surface area contributed by atoms with Crippen molar-refractivity contribution in [2.45, 2.75) is 32.4 Å². The molecule has 6 heteroatoms. The Morgan fingerprint density at radius 1 is 1.10 bits per heavy atom. The van der Waals surface area contributed by atoms with Crippen LogP contribution < -0.4 is 10.9 Å². The van der Waals surface area contributed by atoms with E-state index < -0.39 is 0 Å². The zero-order valence-electron chi connectivity index (χ0n) is 17.0. The maximum absolute atomic E-state index is 12.7. The highest BCUT2D eigenvalue weighted by molar-refractivity contribution is 7.09. The maximum Gasteiger partial charge on any atom is 0.250 e. The van der Waals surface area contributed by atoms with Crippen LogP contribution in [0.15, 0.2) is 58.7 Å². The summed E-state index contributed by atoms with van der Waals surface area (Å²) in [6, 6.07) is 15.9. The number of nitrogens with zero attached hydrogens (tertiary/aromatic N) is 2. The molecule has 3 aromatic rings. The van der Waals surface area contributed by atoms with E-state index in [1.807, 2.05) is 46.2 Å². The number of carbonyl (C=O) groups excluding carboxylic acids is 1. The topological polar surface area (TPSA) is 54.3 Å². The Labute approximate surface area is 180 Å². The predicted molar refractivity (Wildman–Crippen MR) is 121 cm³/mol. The first-order valence-corrected chi connectivity index (χ1v) is 11.3. The molecule has 5 nitrogen and oxygen atoms in total. The van der Waals surface area contributed by atoms with Crippen molar-refractivity contribution in [3.63, 3.8) is 0 Å². The van der Waals surface area contributed by atoms with E-state index in [9.17, 15) is 9.59 Å². The van der Waals surface area contributed by atoms with Crippen molar-refractivity contribution in [2.24, 2.45) is 5.92 Å². The lowest BCUT2D eigenvalue weighted by Gasteiger charge is -2.43. The molecule has 30 heavy (non-hydrogen) atoms. The maximum atomic E-state index is 12.7. The second-order valence-corrected chi connectivity index (χ2v) is 9.44. The molecule has 1 aromatic carbocycles. The van der Waals surface area contributed by atoms with Crippen molar-refractivity contribution in [2.75, 3.05) is 18.4 Å². The average molecular weight is 420 g/mol. The molecule has 5 rings (SSSR count). The van der Waals surface area contributed by atoms with Crippen LogP contribution in [0.1, 0.15) is 29.8 Å². The van der Waals surface area contributed by atoms with Crippen LogP contribution in [0.4, 0.5) is 5.69 Å². The molecule has 1 N–H and O–H groups in total. The first-order valence-electron chi connectivity index (χ1n) is 10.4. The number of anilines is 1. The molecule has 2 aromatic heterocycles. The van der Waals surface area contributed by atoms with Gasteiger partial charge < -0.3 is 9.88 Å². The highest BCUT2D eigenvalue weighted by atomic mass is 32.1. The van der Waals surface area contributed by atoms with Gasteiger partial charge in [-0.2, -0.15) is 0 Å². The lowest BCUT2D eigenvalue weighted by atomic mass is 9.80. The lowest BCUT2D eigenvalue weighted by Crippen LogP contribution is -2.46. The number of fused-ring (bicyclic) bond motifs is 4. The van der Waals surface area contributed by atoms with Gasteiger partial charge >= 0.3 is 0 Å². The molecule has 0 aliphatic carbocycles. The number of piperidine rings is 1. The molecule has 0 unspecified atom stereocenters. The minimum Gasteiger partial charge on any atom is -0.326 e. The highest BCUT2D eigenvalue weighted by Crippen LogP contribution is 2.40. The summed E-state index contributed by atoms with van der Waals surface area (Å²) < 4.78 is 2.01. The van der Waals surface area contributed by atoms with Gasteiger partial charge in [0.25, 0.3) is 5.56 Å². The van der Waals surface area contributed by atoms with E-state index in [0.29, 0.717) is 11.8 Å². The smallest absolute Gasteiger partial charge is 0.250 e. The molecule has 4 heterocycles. The Kier molecular flexibility index (Phi) is 5.05. The number of benzene rings is 1. The summed E-state index contributed by atoms with van der Waals surface area (Å²) in [5.41, 5.74) is 4.27. The number of rotatable bonds is 4. The van der Waals surface area contributed by atoms with Gasteiger partial charge in [0, 0.05) is 66.9 Å². The fourth-order valence-corrected chi connectivity index (χ4v) is 5.79. The van der Waals surface area contributed by atoms with Crippen LogP contribution in [0, 0.1) is 5.92 Å². The average Bonchev–Trinajstić information content (AvgIpc) is 3.22. The Bertz CT molecular complexity index is 1120. The number of hydrogen-bond donors (Lipinski definition) is 1. The van der Waals surface area contributed by atoms with Gasteiger partial charge in [-0.3, -0.25) is 14.5 Å². The van der Waals surface area contributed by atoms with Gasteiger partial charge in [0.05, 0.1) is 0 Å². The first kappa shape index (κ1) is 19.3. The summed E-state index contributed by atoms with van der Waals surface area (Å²) in [6.07, 6.45) is 1.14. The van der Waals surface area contributed by atoms with Crippen molar-refractivity contribution in [3.05, 3.63) is 74.8 Å². The van der Waals surface area contributed by atoms with Gasteiger partial charge in [0.15, 0.2) is 0 Å². The third-order valence-corrected chi connectivity index (χ3v) is 7.00. The fourth-order valence-electron chi connectivity index (χ4n) is 5.05. The summed E-state index contributed by atoms with van der Waals surface area (Å²) in [6.45, 7) is 5.33. The number of likely N-dealkylation sites (tertiary alicyclic amines) is 1. The minimum absolute atomic E-state index is 0.0783. The fraction of sp³-hybridized carbons (Fsp3) is 0.333. The van der Waals surface area contributed by atoms with Crippen molar-refractivity contribution in [3.8, 4) is 11.1 Å². The van der Waals surface area contributed by atoms with Crippen LogP contribution in [-0.2, 0) is 17.9 Å². The first-order chi connectivity index (χ1) is 14.6. The molecular formula is C24H25N3O2S. The number of nitrogens with one attached hydrogen (secondary N) is 1. The standard InChI is InChI=1S/C24H25N3O2S/c1-16(28)25-20-6-4-18(5-7-20)22-8-9-23(29)27-13-17-11-19(24(22)27)14-26(12-17)15-21-3-2-10-30-21/h2-10,17,19H,11-15H2,1H3,(H,25,28)/t17-,19+/m0/s1. The molecule has 0 spiro atoms. The minimum atomic E-state index is -0.0783. The Morgan fingerprint density at radius 2 is 1.93 bits per heavy atom. The summed E-state index contributed by atoms with van der Waals surface area (Å²) in [5, 5.41) is 4.95. The van der Waals surface area contributed by atoms with Crippen molar-refractivity contribution in [1.82, 2.24) is 9.47 Å². The van der Waals surface area contributed by atoms with Crippen LogP contribution >= 0.6 is 11.3 Å². The molecule has 0 saturated carbocycles. The highest BCUT2D eigenvalue weighted by Gasteiger charge is 2.36. The number of hydrogen-bond acceptors (Lipinski definition) is 4. The summed E-state index contributed by atoms with van der Waals surface area (Å²) in [5.74, 6) is 0.799. The molecule has 154 valence electrons. The van der Waals surface area contributed by atoms with Crippen LogP contribution in [-0.4, -0.2) is 28.5 Å². The number of carbonyl (C=O) groups is 1. The summed E-state index contributed by atoms with van der Waals surface area (Å²) >= 11 is 1.81. The quantitative estimate of drug-likeness (QED) is 0.691. The van der Waals surface area contributed by atoms with Gasteiger partial charge in [-0.1, -0.05) is 18.2 Å². The second kappa shape index (κ2) is 7.85. The Balaban J connectivity index is 1.48. The predicted octanol–water partition coefficient (Wildman–Crippen LogP) is 4.15. The van der Waals surface area contributed by atoms with E-state index in [2.05, 4.69) is 27.7 Å². The number of thiophene rings is 1. The number of aromatic nitrogens is 1. The Morgan fingerprint density at radius 3 is 2.67 bits per heavy atom. The van der Waals surface area contributed by atoms with Crippen molar-refractivity contribution >= 4 is 22.9 Å². The van der Waals surface area contributed by atoms with Gasteiger partial charge in [-0.15, -0.1) is 11.3 Å². The lowest BCUT2D eigenvalue weighted by molar-refractivity contribution is -0.114. The van der Waals surface area contributed by atoms with Crippen LogP contribution in [0.3, 0.4) is 0 Å². The zero-order chi connectivity index (χ0) is 20.7. The Hall–Kier alpha value is -2.70. The number of amides is 1. The molecule has 1 fully saturated rings. The largest absolute Gasteiger partial charge is 0.326 e.